The van der Waals surface area contributed by atoms with E-state index in [2.05, 4.69) is 49.8 Å². The second-order valence-corrected chi connectivity index (χ2v) is 7.31. The molecular weight excluding hydrogens is 328 g/mol. The van der Waals surface area contributed by atoms with Gasteiger partial charge in [-0.15, -0.1) is 0 Å². The Balaban J connectivity index is 1.45. The molecule has 0 radical (unpaired) electrons. The molecule has 7 heteroatoms. The third-order valence-electron chi connectivity index (χ3n) is 5.09. The van der Waals surface area contributed by atoms with Crippen LogP contribution in [0.4, 0.5) is 0 Å². The summed E-state index contributed by atoms with van der Waals surface area (Å²) in [6.07, 6.45) is 4.83. The van der Waals surface area contributed by atoms with Gasteiger partial charge in [0.25, 0.3) is 0 Å². The summed E-state index contributed by atoms with van der Waals surface area (Å²) >= 11 is 0. The van der Waals surface area contributed by atoms with Crippen molar-refractivity contribution in [3.8, 4) is 5.75 Å². The highest BCUT2D eigenvalue weighted by Gasteiger charge is 2.24. The molecule has 0 bridgehead atoms. The van der Waals surface area contributed by atoms with Crippen LogP contribution in [-0.2, 0) is 0 Å². The number of rotatable bonds is 3. The third-order valence-corrected chi connectivity index (χ3v) is 5.09. The lowest BCUT2D eigenvalue weighted by Gasteiger charge is -2.34. The molecule has 5 rings (SSSR count). The highest BCUT2D eigenvalue weighted by molar-refractivity contribution is 6.03. The molecule has 26 heavy (non-hydrogen) atoms. The number of ether oxygens (including phenoxy) is 1. The predicted molar refractivity (Wildman–Crippen MR) is 102 cm³/mol. The van der Waals surface area contributed by atoms with Crippen molar-refractivity contribution in [2.24, 2.45) is 4.99 Å². The van der Waals surface area contributed by atoms with Gasteiger partial charge in [0.05, 0.1) is 17.3 Å². The molecule has 3 aliphatic rings. The molecular formula is C19H24N6O. The van der Waals surface area contributed by atoms with Crippen LogP contribution in [0.1, 0.15) is 25.5 Å². The number of hydrogen-bond acceptors (Lipinski definition) is 6. The van der Waals surface area contributed by atoms with Crippen LogP contribution in [0.3, 0.4) is 0 Å². The monoisotopic (exact) mass is 352 g/mol. The summed E-state index contributed by atoms with van der Waals surface area (Å²) in [6, 6.07) is 6.62. The maximum Gasteiger partial charge on any atom is 0.127 e. The zero-order valence-corrected chi connectivity index (χ0v) is 15.0. The summed E-state index contributed by atoms with van der Waals surface area (Å²) < 4.78 is 5.95. The second-order valence-electron chi connectivity index (χ2n) is 7.31. The fourth-order valence-corrected chi connectivity index (χ4v) is 3.57. The van der Waals surface area contributed by atoms with Crippen molar-refractivity contribution in [2.75, 3.05) is 26.3 Å². The maximum absolute atomic E-state index is 5.95. The zero-order valence-electron chi connectivity index (χ0n) is 15.0. The number of aliphatic imine (C=N–C) groups is 1. The first-order valence-corrected chi connectivity index (χ1v) is 9.40. The molecule has 1 aromatic carbocycles. The average Bonchev–Trinajstić information content (AvgIpc) is 3.38. The Kier molecular flexibility index (Phi) is 3.81. The SMILES string of the molecule is C[C@H]1CN(C2=NCNC(c3n[nH]c4ccc(OC5CC5)cc34)=C2)CCN1. The van der Waals surface area contributed by atoms with Crippen molar-refractivity contribution in [3.63, 3.8) is 0 Å². The van der Waals surface area contributed by atoms with Crippen molar-refractivity contribution in [2.45, 2.75) is 31.9 Å². The molecule has 0 amide bonds. The van der Waals surface area contributed by atoms with Crippen molar-refractivity contribution in [3.05, 3.63) is 30.0 Å². The van der Waals surface area contributed by atoms with Crippen molar-refractivity contribution in [1.82, 2.24) is 25.7 Å². The zero-order chi connectivity index (χ0) is 17.5. The van der Waals surface area contributed by atoms with Gasteiger partial charge < -0.3 is 20.3 Å². The lowest BCUT2D eigenvalue weighted by Crippen LogP contribution is -2.51. The van der Waals surface area contributed by atoms with Gasteiger partial charge in [-0.3, -0.25) is 5.10 Å². The lowest BCUT2D eigenvalue weighted by atomic mass is 10.1. The Bertz CT molecular complexity index is 881. The van der Waals surface area contributed by atoms with E-state index in [0.717, 1.165) is 66.4 Å². The van der Waals surface area contributed by atoms with E-state index in [-0.39, 0.29) is 0 Å². The van der Waals surface area contributed by atoms with Crippen molar-refractivity contribution < 1.29 is 4.74 Å². The molecule has 3 N–H and O–H groups in total. The molecule has 3 heterocycles. The van der Waals surface area contributed by atoms with Crippen LogP contribution in [-0.4, -0.2) is 59.4 Å². The largest absolute Gasteiger partial charge is 0.490 e. The quantitative estimate of drug-likeness (QED) is 0.784. The van der Waals surface area contributed by atoms with E-state index < -0.39 is 0 Å². The second kappa shape index (κ2) is 6.32. The van der Waals surface area contributed by atoms with E-state index in [4.69, 9.17) is 4.74 Å². The number of aromatic nitrogens is 2. The van der Waals surface area contributed by atoms with E-state index in [1.165, 1.54) is 0 Å². The van der Waals surface area contributed by atoms with E-state index in [1.54, 1.807) is 0 Å². The van der Waals surface area contributed by atoms with E-state index in [1.807, 2.05) is 12.1 Å². The number of hydrogen-bond donors (Lipinski definition) is 3. The number of aromatic amines is 1. The molecule has 0 spiro atoms. The summed E-state index contributed by atoms with van der Waals surface area (Å²) in [5.74, 6) is 1.96. The molecule has 1 aromatic heterocycles. The lowest BCUT2D eigenvalue weighted by molar-refractivity contribution is 0.303. The van der Waals surface area contributed by atoms with Crippen molar-refractivity contribution >= 4 is 22.4 Å². The summed E-state index contributed by atoms with van der Waals surface area (Å²) in [6.45, 7) is 5.73. The molecule has 1 aliphatic carbocycles. The fraction of sp³-hybridized carbons (Fsp3) is 0.474. The molecule has 2 aliphatic heterocycles. The molecule has 1 saturated heterocycles. The number of piperazine rings is 1. The van der Waals surface area contributed by atoms with Crippen LogP contribution >= 0.6 is 0 Å². The van der Waals surface area contributed by atoms with Gasteiger partial charge in [0.15, 0.2) is 0 Å². The van der Waals surface area contributed by atoms with E-state index in [9.17, 15) is 0 Å². The average molecular weight is 352 g/mol. The highest BCUT2D eigenvalue weighted by atomic mass is 16.5. The van der Waals surface area contributed by atoms with Gasteiger partial charge in [0, 0.05) is 37.1 Å². The molecule has 7 nitrogen and oxygen atoms in total. The van der Waals surface area contributed by atoms with Gasteiger partial charge in [-0.25, -0.2) is 4.99 Å². The minimum atomic E-state index is 0.392. The smallest absolute Gasteiger partial charge is 0.127 e. The molecule has 2 fully saturated rings. The number of amidine groups is 1. The number of nitrogens with one attached hydrogen (secondary N) is 3. The molecule has 1 atom stereocenters. The van der Waals surface area contributed by atoms with E-state index in [0.29, 0.717) is 18.8 Å². The maximum atomic E-state index is 5.95. The predicted octanol–water partition coefficient (Wildman–Crippen LogP) is 1.70. The minimum Gasteiger partial charge on any atom is -0.490 e. The Morgan fingerprint density at radius 2 is 2.19 bits per heavy atom. The van der Waals surface area contributed by atoms with Gasteiger partial charge in [-0.2, -0.15) is 5.10 Å². The molecule has 1 saturated carbocycles. The highest BCUT2D eigenvalue weighted by Crippen LogP contribution is 2.31. The number of benzene rings is 1. The van der Waals surface area contributed by atoms with Gasteiger partial charge >= 0.3 is 0 Å². The van der Waals surface area contributed by atoms with Gasteiger partial charge in [-0.05, 0) is 38.0 Å². The Hall–Kier alpha value is -2.54. The number of H-pyrrole nitrogens is 1. The normalized spacial score (nSPS) is 23.4. The summed E-state index contributed by atoms with van der Waals surface area (Å²) in [5.41, 5.74) is 2.96. The molecule has 0 unspecified atom stereocenters. The minimum absolute atomic E-state index is 0.392. The summed E-state index contributed by atoms with van der Waals surface area (Å²) in [7, 11) is 0. The van der Waals surface area contributed by atoms with Crippen molar-refractivity contribution in [1.29, 1.82) is 0 Å². The van der Waals surface area contributed by atoms with Gasteiger partial charge in [0.1, 0.15) is 23.9 Å². The molecule has 136 valence electrons. The van der Waals surface area contributed by atoms with Crippen LogP contribution < -0.4 is 15.4 Å². The first kappa shape index (κ1) is 15.7. The third kappa shape index (κ3) is 3.03. The van der Waals surface area contributed by atoms with Crippen LogP contribution in [0.2, 0.25) is 0 Å². The van der Waals surface area contributed by atoms with Crippen LogP contribution in [0.5, 0.6) is 5.75 Å². The Morgan fingerprint density at radius 1 is 1.27 bits per heavy atom. The standard InChI is InChI=1S/C19H24N6O/c1-12-10-25(7-6-20-12)18-9-17(21-11-22-18)19-15-8-14(26-13-2-3-13)4-5-16(15)23-24-19/h4-5,8-9,12-13,20-21H,2-3,6-7,10-11H2,1H3,(H,23,24)/t12-/m0/s1. The van der Waals surface area contributed by atoms with Crippen LogP contribution in [0.15, 0.2) is 29.3 Å². The first-order valence-electron chi connectivity index (χ1n) is 9.40. The molecule has 2 aromatic rings. The van der Waals surface area contributed by atoms with Gasteiger partial charge in [-0.1, -0.05) is 0 Å². The fourth-order valence-electron chi connectivity index (χ4n) is 3.57. The van der Waals surface area contributed by atoms with Gasteiger partial charge in [0.2, 0.25) is 0 Å². The Labute approximate surface area is 152 Å². The topological polar surface area (TPSA) is 77.6 Å². The number of fused-ring (bicyclic) bond motifs is 1. The first-order chi connectivity index (χ1) is 12.8. The number of nitrogens with zero attached hydrogens (tertiary/aromatic N) is 3. The summed E-state index contributed by atoms with van der Waals surface area (Å²) in [4.78, 5) is 7.00. The van der Waals surface area contributed by atoms with E-state index >= 15 is 0 Å². The van der Waals surface area contributed by atoms with Crippen LogP contribution in [0.25, 0.3) is 16.6 Å². The Morgan fingerprint density at radius 3 is 3.04 bits per heavy atom. The van der Waals surface area contributed by atoms with Crippen LogP contribution in [0, 0.1) is 0 Å². The summed E-state index contributed by atoms with van der Waals surface area (Å²) in [5, 5.41) is 15.6.